The van der Waals surface area contributed by atoms with Crippen molar-refractivity contribution in [3.63, 3.8) is 0 Å². The Hall–Kier alpha value is -0.313. The number of ether oxygens (including phenoxy) is 1. The van der Waals surface area contributed by atoms with Crippen LogP contribution in [0, 0.1) is 5.92 Å². The van der Waals surface area contributed by atoms with Crippen molar-refractivity contribution >= 4 is 14.0 Å². The van der Waals surface area contributed by atoms with Crippen LogP contribution in [0.4, 0.5) is 0 Å². The molecule has 1 saturated heterocycles. The van der Waals surface area contributed by atoms with E-state index in [-0.39, 0.29) is 17.6 Å². The van der Waals surface area contributed by atoms with Crippen molar-refractivity contribution < 1.29 is 9.53 Å². The minimum absolute atomic E-state index is 0.0877. The molecule has 0 unspecified atom stereocenters. The SMILES string of the molecule is C[Si](C)(C)[C@H]1C(=O)O[C@H]1C1CCCCC1. The van der Waals surface area contributed by atoms with Crippen molar-refractivity contribution in [2.24, 2.45) is 5.92 Å². The van der Waals surface area contributed by atoms with Crippen LogP contribution < -0.4 is 0 Å². The van der Waals surface area contributed by atoms with Crippen molar-refractivity contribution in [1.82, 2.24) is 0 Å². The lowest BCUT2D eigenvalue weighted by atomic mass is 9.82. The summed E-state index contributed by atoms with van der Waals surface area (Å²) in [7, 11) is -1.36. The van der Waals surface area contributed by atoms with Crippen LogP contribution in [-0.2, 0) is 9.53 Å². The monoisotopic (exact) mass is 226 g/mol. The van der Waals surface area contributed by atoms with E-state index in [4.69, 9.17) is 4.74 Å². The molecule has 0 N–H and O–H groups in total. The summed E-state index contributed by atoms with van der Waals surface area (Å²) in [6.07, 6.45) is 6.87. The minimum atomic E-state index is -1.36. The predicted octanol–water partition coefficient (Wildman–Crippen LogP) is 3.20. The molecule has 0 aromatic heterocycles. The first-order valence-electron chi connectivity index (χ1n) is 6.20. The zero-order valence-electron chi connectivity index (χ0n) is 10.1. The number of cyclic esters (lactones) is 1. The van der Waals surface area contributed by atoms with Crippen LogP contribution >= 0.6 is 0 Å². The molecule has 2 aliphatic rings. The first-order valence-corrected chi connectivity index (χ1v) is 9.78. The molecule has 0 spiro atoms. The van der Waals surface area contributed by atoms with Crippen LogP contribution in [0.25, 0.3) is 0 Å². The molecule has 0 radical (unpaired) electrons. The second-order valence-corrected chi connectivity index (χ2v) is 11.5. The second-order valence-electron chi connectivity index (χ2n) is 6.14. The Labute approximate surface area is 93.4 Å². The Balaban J connectivity index is 2.01. The van der Waals surface area contributed by atoms with Crippen LogP contribution in [0.2, 0.25) is 25.2 Å². The summed E-state index contributed by atoms with van der Waals surface area (Å²) in [6.45, 7) is 6.86. The van der Waals surface area contributed by atoms with E-state index in [0.717, 1.165) is 0 Å². The maximum atomic E-state index is 11.5. The highest BCUT2D eigenvalue weighted by atomic mass is 28.3. The van der Waals surface area contributed by atoms with Crippen molar-refractivity contribution in [3.8, 4) is 0 Å². The summed E-state index contributed by atoms with van der Waals surface area (Å²) in [5.41, 5.74) is 0.278. The van der Waals surface area contributed by atoms with Crippen LogP contribution in [0.5, 0.6) is 0 Å². The highest BCUT2D eigenvalue weighted by Crippen LogP contribution is 2.45. The molecule has 2 rings (SSSR count). The summed E-state index contributed by atoms with van der Waals surface area (Å²) in [4.78, 5) is 11.5. The Morgan fingerprint density at radius 3 is 2.20 bits per heavy atom. The highest BCUT2D eigenvalue weighted by molar-refractivity contribution is 6.81. The summed E-state index contributed by atoms with van der Waals surface area (Å²) in [5, 5.41) is 0. The van der Waals surface area contributed by atoms with Crippen LogP contribution in [0.1, 0.15) is 32.1 Å². The molecule has 2 fully saturated rings. The van der Waals surface area contributed by atoms with E-state index in [1.165, 1.54) is 32.1 Å². The molecule has 1 aliphatic carbocycles. The molecule has 2 nitrogen and oxygen atoms in total. The van der Waals surface area contributed by atoms with Gasteiger partial charge >= 0.3 is 5.97 Å². The quantitative estimate of drug-likeness (QED) is 0.534. The van der Waals surface area contributed by atoms with Gasteiger partial charge in [0.2, 0.25) is 0 Å². The zero-order valence-corrected chi connectivity index (χ0v) is 11.1. The molecule has 86 valence electrons. The van der Waals surface area contributed by atoms with E-state index in [1.807, 2.05) is 0 Å². The third-order valence-corrected chi connectivity index (χ3v) is 6.31. The standard InChI is InChI=1S/C12H22O2Si/c1-15(2,3)11-10(14-12(11)13)9-7-5-4-6-8-9/h9-11H,4-8H2,1-3H3/t10-,11+/m0/s1. The molecule has 2 atom stereocenters. The van der Waals surface area contributed by atoms with Gasteiger partial charge in [0.15, 0.2) is 0 Å². The molecule has 3 heteroatoms. The molecule has 0 aromatic carbocycles. The third-order valence-electron chi connectivity index (χ3n) is 3.88. The van der Waals surface area contributed by atoms with E-state index in [2.05, 4.69) is 19.6 Å². The van der Waals surface area contributed by atoms with Crippen LogP contribution in [-0.4, -0.2) is 20.1 Å². The van der Waals surface area contributed by atoms with Gasteiger partial charge in [0.25, 0.3) is 0 Å². The first-order chi connectivity index (χ1) is 7.00. The fraction of sp³-hybridized carbons (Fsp3) is 0.917. The van der Waals surface area contributed by atoms with E-state index >= 15 is 0 Å². The van der Waals surface area contributed by atoms with Gasteiger partial charge in [0.05, 0.1) is 13.6 Å². The minimum Gasteiger partial charge on any atom is -0.461 e. The predicted molar refractivity (Wildman–Crippen MR) is 63.6 cm³/mol. The molecule has 1 saturated carbocycles. The Bertz CT molecular complexity index is 251. The Morgan fingerprint density at radius 2 is 1.73 bits per heavy atom. The fourth-order valence-corrected chi connectivity index (χ4v) is 5.12. The molecule has 0 amide bonds. The average molecular weight is 226 g/mol. The van der Waals surface area contributed by atoms with Crippen molar-refractivity contribution in [3.05, 3.63) is 0 Å². The van der Waals surface area contributed by atoms with Crippen LogP contribution in [0.15, 0.2) is 0 Å². The zero-order chi connectivity index (χ0) is 11.1. The lowest BCUT2D eigenvalue weighted by molar-refractivity contribution is -0.176. The summed E-state index contributed by atoms with van der Waals surface area (Å²) >= 11 is 0. The molecule has 1 aliphatic heterocycles. The molecule has 15 heavy (non-hydrogen) atoms. The summed E-state index contributed by atoms with van der Waals surface area (Å²) in [6, 6.07) is 0. The van der Waals surface area contributed by atoms with Gasteiger partial charge in [-0.25, -0.2) is 0 Å². The highest BCUT2D eigenvalue weighted by Gasteiger charge is 2.53. The summed E-state index contributed by atoms with van der Waals surface area (Å²) in [5.74, 6) is 0.762. The van der Waals surface area contributed by atoms with Crippen molar-refractivity contribution in [2.75, 3.05) is 0 Å². The number of hydrogen-bond donors (Lipinski definition) is 0. The second kappa shape index (κ2) is 3.93. The summed E-state index contributed by atoms with van der Waals surface area (Å²) < 4.78 is 5.41. The van der Waals surface area contributed by atoms with Crippen molar-refractivity contribution in [1.29, 1.82) is 0 Å². The maximum absolute atomic E-state index is 11.5. The van der Waals surface area contributed by atoms with Gasteiger partial charge in [0, 0.05) is 0 Å². The van der Waals surface area contributed by atoms with E-state index in [0.29, 0.717) is 5.92 Å². The number of carbonyl (C=O) groups excluding carboxylic acids is 1. The molecular weight excluding hydrogens is 204 g/mol. The Kier molecular flexibility index (Phi) is 2.93. The molecular formula is C12H22O2Si. The number of rotatable bonds is 2. The largest absolute Gasteiger partial charge is 0.461 e. The average Bonchev–Trinajstić information content (AvgIpc) is 2.12. The van der Waals surface area contributed by atoms with Gasteiger partial charge in [0.1, 0.15) is 6.10 Å². The fourth-order valence-electron chi connectivity index (χ4n) is 3.01. The van der Waals surface area contributed by atoms with Gasteiger partial charge in [-0.05, 0) is 18.8 Å². The lowest BCUT2D eigenvalue weighted by Gasteiger charge is -2.46. The van der Waals surface area contributed by atoms with Gasteiger partial charge in [-0.15, -0.1) is 0 Å². The van der Waals surface area contributed by atoms with E-state index < -0.39 is 8.07 Å². The number of hydrogen-bond acceptors (Lipinski definition) is 2. The van der Waals surface area contributed by atoms with E-state index in [1.54, 1.807) is 0 Å². The van der Waals surface area contributed by atoms with Crippen molar-refractivity contribution in [2.45, 2.75) is 63.4 Å². The van der Waals surface area contributed by atoms with Crippen LogP contribution in [0.3, 0.4) is 0 Å². The Morgan fingerprint density at radius 1 is 1.13 bits per heavy atom. The van der Waals surface area contributed by atoms with Gasteiger partial charge in [-0.2, -0.15) is 0 Å². The molecule has 0 aromatic rings. The van der Waals surface area contributed by atoms with E-state index in [9.17, 15) is 4.79 Å². The number of esters is 1. The lowest BCUT2D eigenvalue weighted by Crippen LogP contribution is -2.55. The number of carbonyl (C=O) groups is 1. The molecule has 1 heterocycles. The normalized spacial score (nSPS) is 33.4. The first kappa shape index (κ1) is 11.2. The maximum Gasteiger partial charge on any atom is 0.310 e. The van der Waals surface area contributed by atoms with Gasteiger partial charge in [-0.3, -0.25) is 4.79 Å². The molecule has 0 bridgehead atoms. The third kappa shape index (κ3) is 2.12. The van der Waals surface area contributed by atoms with Gasteiger partial charge < -0.3 is 4.74 Å². The smallest absolute Gasteiger partial charge is 0.310 e. The topological polar surface area (TPSA) is 26.3 Å². The van der Waals surface area contributed by atoms with Gasteiger partial charge in [-0.1, -0.05) is 38.9 Å².